The van der Waals surface area contributed by atoms with Crippen LogP contribution in [0, 0.1) is 0 Å². The van der Waals surface area contributed by atoms with Crippen molar-refractivity contribution in [2.24, 2.45) is 7.05 Å². The third-order valence-corrected chi connectivity index (χ3v) is 4.94. The summed E-state index contributed by atoms with van der Waals surface area (Å²) in [7, 11) is 3.50. The number of nitrogens with zero attached hydrogens (tertiary/aromatic N) is 3. The fourth-order valence-electron chi connectivity index (χ4n) is 3.65. The summed E-state index contributed by atoms with van der Waals surface area (Å²) in [5.41, 5.74) is 3.94. The van der Waals surface area contributed by atoms with E-state index in [0.29, 0.717) is 5.82 Å². The Labute approximate surface area is 145 Å². The molecule has 2 N–H and O–H groups in total. The zero-order chi connectivity index (χ0) is 17.6. The van der Waals surface area contributed by atoms with E-state index in [0.717, 1.165) is 47.3 Å². The molecule has 0 radical (unpaired) electrons. The van der Waals surface area contributed by atoms with Gasteiger partial charge in [0.25, 0.3) is 0 Å². The first-order valence-electron chi connectivity index (χ1n) is 8.50. The van der Waals surface area contributed by atoms with Crippen LogP contribution in [-0.2, 0) is 24.7 Å². The van der Waals surface area contributed by atoms with E-state index in [-0.39, 0.29) is 11.8 Å². The first kappa shape index (κ1) is 15.7. The van der Waals surface area contributed by atoms with Gasteiger partial charge in [-0.25, -0.2) is 4.68 Å². The van der Waals surface area contributed by atoms with Crippen molar-refractivity contribution in [2.45, 2.75) is 32.1 Å². The lowest BCUT2D eigenvalue weighted by Crippen LogP contribution is -2.20. The number of hydrogen-bond donors (Lipinski definition) is 2. The van der Waals surface area contributed by atoms with Crippen molar-refractivity contribution in [3.63, 3.8) is 0 Å². The Hall–Kier alpha value is -2.83. The molecule has 2 heterocycles. The zero-order valence-electron chi connectivity index (χ0n) is 14.6. The number of benzene rings is 1. The summed E-state index contributed by atoms with van der Waals surface area (Å²) in [5, 5.41) is 15.6. The minimum Gasteiger partial charge on any atom is -0.497 e. The molecule has 1 atom stereocenters. The Morgan fingerprint density at radius 2 is 2.32 bits per heavy atom. The summed E-state index contributed by atoms with van der Waals surface area (Å²) < 4.78 is 7.04. The van der Waals surface area contributed by atoms with Crippen LogP contribution >= 0.6 is 0 Å². The number of carbonyl (C=O) groups is 1. The first-order chi connectivity index (χ1) is 12.1. The van der Waals surface area contributed by atoms with Gasteiger partial charge in [0.2, 0.25) is 5.91 Å². The lowest BCUT2D eigenvalue weighted by atomic mass is 10.00. The van der Waals surface area contributed by atoms with Crippen molar-refractivity contribution < 1.29 is 9.53 Å². The van der Waals surface area contributed by atoms with Gasteiger partial charge in [-0.15, -0.1) is 0 Å². The average molecular weight is 339 g/mol. The van der Waals surface area contributed by atoms with E-state index < -0.39 is 0 Å². The molecule has 0 aliphatic heterocycles. The second-order valence-electron chi connectivity index (χ2n) is 6.37. The minimum atomic E-state index is -0.176. The van der Waals surface area contributed by atoms with Gasteiger partial charge in [-0.05, 0) is 42.5 Å². The molecule has 1 aliphatic carbocycles. The van der Waals surface area contributed by atoms with Crippen molar-refractivity contribution in [2.75, 3.05) is 12.4 Å². The standard InChI is InChI=1S/C18H21N5O2/c1-4-14-15-16(20-21-17(15)23(2)22-14)19-18(24)12-8-6-10-5-7-11(25-3)9-13(10)12/h5,7,9,12H,4,6,8H2,1-3H3,(H2,19,20,21,24). The number of nitrogens with one attached hydrogen (secondary N) is 2. The van der Waals surface area contributed by atoms with Crippen LogP contribution in [0.25, 0.3) is 11.0 Å². The fraction of sp³-hybridized carbons (Fsp3) is 0.389. The number of fused-ring (bicyclic) bond motifs is 2. The quantitative estimate of drug-likeness (QED) is 0.765. The number of aromatic nitrogens is 4. The topological polar surface area (TPSA) is 84.8 Å². The van der Waals surface area contributed by atoms with E-state index in [1.807, 2.05) is 32.2 Å². The minimum absolute atomic E-state index is 0.0246. The van der Waals surface area contributed by atoms with Crippen LogP contribution in [-0.4, -0.2) is 33.0 Å². The normalized spacial score (nSPS) is 16.2. The maximum Gasteiger partial charge on any atom is 0.233 e. The van der Waals surface area contributed by atoms with E-state index in [9.17, 15) is 4.79 Å². The highest BCUT2D eigenvalue weighted by atomic mass is 16.5. The van der Waals surface area contributed by atoms with Crippen LogP contribution < -0.4 is 10.1 Å². The predicted molar refractivity (Wildman–Crippen MR) is 94.9 cm³/mol. The number of H-pyrrole nitrogens is 1. The summed E-state index contributed by atoms with van der Waals surface area (Å²) in [4.78, 5) is 12.9. The van der Waals surface area contributed by atoms with Gasteiger partial charge in [-0.1, -0.05) is 13.0 Å². The molecule has 0 bridgehead atoms. The second-order valence-corrected chi connectivity index (χ2v) is 6.37. The Balaban J connectivity index is 1.64. The Morgan fingerprint density at radius 1 is 1.48 bits per heavy atom. The number of aromatic amines is 1. The number of amides is 1. The Bertz CT molecular complexity index is 956. The molecule has 0 fully saturated rings. The second kappa shape index (κ2) is 5.91. The molecular weight excluding hydrogens is 318 g/mol. The van der Waals surface area contributed by atoms with Crippen LogP contribution in [0.4, 0.5) is 5.82 Å². The highest BCUT2D eigenvalue weighted by Crippen LogP contribution is 2.36. The molecule has 0 saturated carbocycles. The van der Waals surface area contributed by atoms with Crippen molar-refractivity contribution in [3.05, 3.63) is 35.0 Å². The van der Waals surface area contributed by atoms with E-state index in [1.54, 1.807) is 11.8 Å². The van der Waals surface area contributed by atoms with Crippen LogP contribution in [0.5, 0.6) is 5.75 Å². The third kappa shape index (κ3) is 2.47. The summed E-state index contributed by atoms with van der Waals surface area (Å²) in [6.45, 7) is 2.04. The van der Waals surface area contributed by atoms with Crippen molar-refractivity contribution in [1.82, 2.24) is 20.0 Å². The van der Waals surface area contributed by atoms with E-state index in [2.05, 4.69) is 20.6 Å². The van der Waals surface area contributed by atoms with Crippen LogP contribution in [0.3, 0.4) is 0 Å². The molecular formula is C18H21N5O2. The molecule has 130 valence electrons. The highest BCUT2D eigenvalue weighted by Gasteiger charge is 2.30. The molecule has 1 aliphatic rings. The third-order valence-electron chi connectivity index (χ3n) is 4.94. The van der Waals surface area contributed by atoms with Gasteiger partial charge >= 0.3 is 0 Å². The van der Waals surface area contributed by atoms with Gasteiger partial charge in [-0.3, -0.25) is 9.89 Å². The maximum atomic E-state index is 12.9. The van der Waals surface area contributed by atoms with Crippen molar-refractivity contribution >= 4 is 22.8 Å². The lowest BCUT2D eigenvalue weighted by molar-refractivity contribution is -0.117. The molecule has 0 spiro atoms. The van der Waals surface area contributed by atoms with Crippen LogP contribution in [0.2, 0.25) is 0 Å². The highest BCUT2D eigenvalue weighted by molar-refractivity contribution is 6.02. The van der Waals surface area contributed by atoms with E-state index in [1.165, 1.54) is 5.56 Å². The van der Waals surface area contributed by atoms with Crippen molar-refractivity contribution in [3.8, 4) is 5.75 Å². The van der Waals surface area contributed by atoms with E-state index >= 15 is 0 Å². The van der Waals surface area contributed by atoms with Gasteiger partial charge in [0.05, 0.1) is 24.1 Å². The number of carbonyl (C=O) groups excluding carboxylic acids is 1. The number of ether oxygens (including phenoxy) is 1. The Kier molecular flexibility index (Phi) is 3.71. The molecule has 1 amide bonds. The average Bonchev–Trinajstić information content (AvgIpc) is 3.30. The SMILES string of the molecule is CCc1nn(C)c2n[nH]c(NC(=O)C3CCc4ccc(OC)cc43)c12. The number of anilines is 1. The molecule has 25 heavy (non-hydrogen) atoms. The van der Waals surface area contributed by atoms with Crippen LogP contribution in [0.1, 0.15) is 36.1 Å². The predicted octanol–water partition coefficient (Wildman–Crippen LogP) is 2.54. The Morgan fingerprint density at radius 3 is 3.08 bits per heavy atom. The van der Waals surface area contributed by atoms with Gasteiger partial charge in [0.1, 0.15) is 11.6 Å². The van der Waals surface area contributed by atoms with Crippen molar-refractivity contribution in [1.29, 1.82) is 0 Å². The van der Waals surface area contributed by atoms with Crippen LogP contribution in [0.15, 0.2) is 18.2 Å². The molecule has 4 rings (SSSR count). The van der Waals surface area contributed by atoms with Gasteiger partial charge in [0.15, 0.2) is 5.65 Å². The smallest absolute Gasteiger partial charge is 0.233 e. The lowest BCUT2D eigenvalue weighted by Gasteiger charge is -2.12. The summed E-state index contributed by atoms with van der Waals surface area (Å²) in [6.07, 6.45) is 2.49. The molecule has 1 unspecified atom stereocenters. The van der Waals surface area contributed by atoms with E-state index in [4.69, 9.17) is 4.74 Å². The molecule has 7 nitrogen and oxygen atoms in total. The molecule has 7 heteroatoms. The molecule has 3 aromatic rings. The maximum absolute atomic E-state index is 12.9. The number of hydrogen-bond acceptors (Lipinski definition) is 4. The number of rotatable bonds is 4. The van der Waals surface area contributed by atoms with Gasteiger partial charge in [-0.2, -0.15) is 10.2 Å². The monoisotopic (exact) mass is 339 g/mol. The summed E-state index contributed by atoms with van der Waals surface area (Å²) in [6, 6.07) is 5.96. The largest absolute Gasteiger partial charge is 0.497 e. The number of methoxy groups -OCH3 is 1. The molecule has 0 saturated heterocycles. The van der Waals surface area contributed by atoms with Gasteiger partial charge in [0, 0.05) is 7.05 Å². The molecule has 1 aromatic carbocycles. The molecule has 2 aromatic heterocycles. The number of aryl methyl sites for hydroxylation is 3. The summed E-state index contributed by atoms with van der Waals surface area (Å²) in [5.74, 6) is 1.21. The zero-order valence-corrected chi connectivity index (χ0v) is 14.6. The fourth-order valence-corrected chi connectivity index (χ4v) is 3.65. The summed E-state index contributed by atoms with van der Waals surface area (Å²) >= 11 is 0. The van der Waals surface area contributed by atoms with Gasteiger partial charge < -0.3 is 10.1 Å². The first-order valence-corrected chi connectivity index (χ1v) is 8.50.